The quantitative estimate of drug-likeness (QED) is 0.767. The summed E-state index contributed by atoms with van der Waals surface area (Å²) in [6.07, 6.45) is -3.34. The second-order valence-corrected chi connectivity index (χ2v) is 3.12. The fourth-order valence-electron chi connectivity index (χ4n) is 1.29. The Labute approximate surface area is 95.4 Å². The largest absolute Gasteiger partial charge is 0.495 e. The van der Waals surface area contributed by atoms with Crippen molar-refractivity contribution in [2.24, 2.45) is 0 Å². The molecule has 1 rings (SSSR count). The Balaban J connectivity index is 3.26. The van der Waals surface area contributed by atoms with Gasteiger partial charge in [0.25, 0.3) is 0 Å². The summed E-state index contributed by atoms with van der Waals surface area (Å²) in [7, 11) is 2.31. The average Bonchev–Trinajstić information content (AvgIpc) is 2.27. The van der Waals surface area contributed by atoms with Crippen molar-refractivity contribution in [3.8, 4) is 5.75 Å². The SMILES string of the molecule is COC(=O)Cc1c(OC)cncc1C(F)(F)F. The summed E-state index contributed by atoms with van der Waals surface area (Å²) in [6, 6.07) is 0. The standard InChI is InChI=1S/C10H10F3NO3/c1-16-8-5-14-4-7(10(11,12)13)6(8)3-9(15)17-2/h4-5H,3H2,1-2H3. The van der Waals surface area contributed by atoms with E-state index < -0.39 is 24.1 Å². The predicted molar refractivity (Wildman–Crippen MR) is 51.5 cm³/mol. The Hall–Kier alpha value is -1.79. The predicted octanol–water partition coefficient (Wildman–Crippen LogP) is 1.82. The molecule has 1 aromatic heterocycles. The molecular weight excluding hydrogens is 239 g/mol. The number of halogens is 3. The van der Waals surface area contributed by atoms with Crippen molar-refractivity contribution in [1.82, 2.24) is 4.98 Å². The fraction of sp³-hybridized carbons (Fsp3) is 0.400. The van der Waals surface area contributed by atoms with Gasteiger partial charge in [-0.25, -0.2) is 0 Å². The third kappa shape index (κ3) is 3.08. The van der Waals surface area contributed by atoms with Crippen LogP contribution in [0, 0.1) is 0 Å². The minimum absolute atomic E-state index is 0.0924. The number of nitrogens with zero attached hydrogens (tertiary/aromatic N) is 1. The number of carbonyl (C=O) groups excluding carboxylic acids is 1. The van der Waals surface area contributed by atoms with Gasteiger partial charge in [0.05, 0.1) is 32.4 Å². The molecule has 17 heavy (non-hydrogen) atoms. The van der Waals surface area contributed by atoms with E-state index in [1.807, 2.05) is 0 Å². The van der Waals surface area contributed by atoms with Gasteiger partial charge in [-0.05, 0) is 0 Å². The van der Waals surface area contributed by atoms with Gasteiger partial charge in [-0.2, -0.15) is 13.2 Å². The van der Waals surface area contributed by atoms with Gasteiger partial charge < -0.3 is 9.47 Å². The van der Waals surface area contributed by atoms with E-state index in [-0.39, 0.29) is 11.3 Å². The second-order valence-electron chi connectivity index (χ2n) is 3.12. The normalized spacial score (nSPS) is 11.1. The summed E-state index contributed by atoms with van der Waals surface area (Å²) in [5.41, 5.74) is -1.27. The van der Waals surface area contributed by atoms with Crippen LogP contribution in [-0.4, -0.2) is 25.2 Å². The summed E-state index contributed by atoms with van der Waals surface area (Å²) in [5.74, 6) is -0.870. The summed E-state index contributed by atoms with van der Waals surface area (Å²) in [6.45, 7) is 0. The molecule has 7 heteroatoms. The van der Waals surface area contributed by atoms with Crippen LogP contribution in [0.25, 0.3) is 0 Å². The van der Waals surface area contributed by atoms with E-state index in [1.165, 1.54) is 7.11 Å². The molecule has 0 unspecified atom stereocenters. The number of rotatable bonds is 3. The fourth-order valence-corrected chi connectivity index (χ4v) is 1.29. The molecule has 1 heterocycles. The van der Waals surface area contributed by atoms with Gasteiger partial charge in [-0.3, -0.25) is 9.78 Å². The minimum Gasteiger partial charge on any atom is -0.495 e. The van der Waals surface area contributed by atoms with Crippen LogP contribution in [0.4, 0.5) is 13.2 Å². The number of alkyl halides is 3. The lowest BCUT2D eigenvalue weighted by molar-refractivity contribution is -0.141. The highest BCUT2D eigenvalue weighted by Crippen LogP contribution is 2.35. The van der Waals surface area contributed by atoms with Crippen LogP contribution in [0.15, 0.2) is 12.4 Å². The van der Waals surface area contributed by atoms with Crippen molar-refractivity contribution in [1.29, 1.82) is 0 Å². The second kappa shape index (κ2) is 5.03. The van der Waals surface area contributed by atoms with Crippen LogP contribution >= 0.6 is 0 Å². The lowest BCUT2D eigenvalue weighted by Gasteiger charge is -2.14. The molecule has 94 valence electrons. The molecule has 0 aliphatic carbocycles. The van der Waals surface area contributed by atoms with Crippen molar-refractivity contribution in [2.45, 2.75) is 12.6 Å². The Morgan fingerprint density at radius 1 is 1.35 bits per heavy atom. The number of ether oxygens (including phenoxy) is 2. The zero-order valence-corrected chi connectivity index (χ0v) is 9.17. The first-order valence-corrected chi connectivity index (χ1v) is 4.55. The number of aromatic nitrogens is 1. The highest BCUT2D eigenvalue weighted by Gasteiger charge is 2.35. The Morgan fingerprint density at radius 2 is 2.00 bits per heavy atom. The maximum atomic E-state index is 12.7. The Kier molecular flexibility index (Phi) is 3.93. The molecule has 0 aromatic carbocycles. The van der Waals surface area contributed by atoms with Gasteiger partial charge in [0.15, 0.2) is 0 Å². The van der Waals surface area contributed by atoms with Crippen LogP contribution in [0.1, 0.15) is 11.1 Å². The van der Waals surface area contributed by atoms with E-state index in [0.29, 0.717) is 6.20 Å². The molecule has 0 radical (unpaired) electrons. The zero-order valence-electron chi connectivity index (χ0n) is 9.17. The number of hydrogen-bond donors (Lipinski definition) is 0. The summed E-state index contributed by atoms with van der Waals surface area (Å²) in [5, 5.41) is 0. The smallest absolute Gasteiger partial charge is 0.418 e. The number of esters is 1. The molecule has 0 saturated heterocycles. The monoisotopic (exact) mass is 249 g/mol. The molecule has 0 bridgehead atoms. The van der Waals surface area contributed by atoms with E-state index in [0.717, 1.165) is 13.3 Å². The lowest BCUT2D eigenvalue weighted by atomic mass is 10.1. The molecule has 0 saturated carbocycles. The lowest BCUT2D eigenvalue weighted by Crippen LogP contribution is -2.15. The maximum absolute atomic E-state index is 12.7. The van der Waals surface area contributed by atoms with Crippen molar-refractivity contribution in [3.05, 3.63) is 23.5 Å². The summed E-state index contributed by atoms with van der Waals surface area (Å²) >= 11 is 0. The zero-order chi connectivity index (χ0) is 13.1. The molecule has 1 aromatic rings. The third-order valence-corrected chi connectivity index (χ3v) is 2.09. The van der Waals surface area contributed by atoms with Gasteiger partial charge in [0, 0.05) is 11.8 Å². The molecular formula is C10H10F3NO3. The van der Waals surface area contributed by atoms with E-state index in [1.54, 1.807) is 0 Å². The summed E-state index contributed by atoms with van der Waals surface area (Å²) < 4.78 is 47.1. The average molecular weight is 249 g/mol. The first-order valence-electron chi connectivity index (χ1n) is 4.55. The molecule has 0 aliphatic heterocycles. The molecule has 0 N–H and O–H groups in total. The van der Waals surface area contributed by atoms with Crippen molar-refractivity contribution >= 4 is 5.97 Å². The summed E-state index contributed by atoms with van der Waals surface area (Å²) in [4.78, 5) is 14.5. The van der Waals surface area contributed by atoms with Gasteiger partial charge in [-0.15, -0.1) is 0 Å². The van der Waals surface area contributed by atoms with Gasteiger partial charge in [0.1, 0.15) is 5.75 Å². The van der Waals surface area contributed by atoms with E-state index in [4.69, 9.17) is 4.74 Å². The Morgan fingerprint density at radius 3 is 2.47 bits per heavy atom. The molecule has 0 amide bonds. The highest BCUT2D eigenvalue weighted by atomic mass is 19.4. The number of hydrogen-bond acceptors (Lipinski definition) is 4. The van der Waals surface area contributed by atoms with E-state index >= 15 is 0 Å². The van der Waals surface area contributed by atoms with Gasteiger partial charge in [-0.1, -0.05) is 0 Å². The molecule has 0 aliphatic rings. The molecule has 4 nitrogen and oxygen atoms in total. The van der Waals surface area contributed by atoms with Crippen molar-refractivity contribution in [3.63, 3.8) is 0 Å². The van der Waals surface area contributed by atoms with Crippen LogP contribution < -0.4 is 4.74 Å². The van der Waals surface area contributed by atoms with Crippen molar-refractivity contribution < 1.29 is 27.4 Å². The van der Waals surface area contributed by atoms with Crippen LogP contribution in [0.3, 0.4) is 0 Å². The first kappa shape index (κ1) is 13.3. The van der Waals surface area contributed by atoms with Crippen LogP contribution in [0.2, 0.25) is 0 Å². The molecule has 0 spiro atoms. The first-order chi connectivity index (χ1) is 7.90. The van der Waals surface area contributed by atoms with Gasteiger partial charge >= 0.3 is 12.1 Å². The molecule has 0 fully saturated rings. The van der Waals surface area contributed by atoms with Gasteiger partial charge in [0.2, 0.25) is 0 Å². The number of pyridine rings is 1. The maximum Gasteiger partial charge on any atom is 0.418 e. The number of methoxy groups -OCH3 is 2. The van der Waals surface area contributed by atoms with E-state index in [9.17, 15) is 18.0 Å². The Bertz CT molecular complexity index is 418. The van der Waals surface area contributed by atoms with Crippen molar-refractivity contribution in [2.75, 3.05) is 14.2 Å². The third-order valence-electron chi connectivity index (χ3n) is 2.09. The van der Waals surface area contributed by atoms with E-state index in [2.05, 4.69) is 9.72 Å². The molecule has 0 atom stereocenters. The number of carbonyl (C=O) groups is 1. The van der Waals surface area contributed by atoms with Crippen LogP contribution in [0.5, 0.6) is 5.75 Å². The minimum atomic E-state index is -4.59. The topological polar surface area (TPSA) is 48.4 Å². The van der Waals surface area contributed by atoms with Crippen LogP contribution in [-0.2, 0) is 22.1 Å². The highest BCUT2D eigenvalue weighted by molar-refractivity contribution is 5.74.